The van der Waals surface area contributed by atoms with Crippen LogP contribution in [0.2, 0.25) is 0 Å². The molecule has 1 aromatic rings. The van der Waals surface area contributed by atoms with E-state index in [1.165, 1.54) is 0 Å². The molecule has 0 aromatic heterocycles. The maximum atomic E-state index is 5.78. The summed E-state index contributed by atoms with van der Waals surface area (Å²) >= 11 is 3.49. The fourth-order valence-electron chi connectivity index (χ4n) is 1.60. The Morgan fingerprint density at radius 1 is 1.28 bits per heavy atom. The fraction of sp³-hybridized carbons (Fsp3) is 0.571. The summed E-state index contributed by atoms with van der Waals surface area (Å²) in [7, 11) is 1.94. The molecule has 102 valence electrons. The number of benzene rings is 1. The minimum atomic E-state index is 0.258. The summed E-state index contributed by atoms with van der Waals surface area (Å²) in [5.74, 6) is 0.917. The lowest BCUT2D eigenvalue weighted by molar-refractivity contribution is 0.100. The topological polar surface area (TPSA) is 30.5 Å². The second-order valence-corrected chi connectivity index (χ2v) is 5.07. The minimum absolute atomic E-state index is 0.258. The van der Waals surface area contributed by atoms with Crippen LogP contribution in [0, 0.1) is 0 Å². The van der Waals surface area contributed by atoms with Crippen molar-refractivity contribution in [1.29, 1.82) is 0 Å². The van der Waals surface area contributed by atoms with Gasteiger partial charge in [-0.05, 0) is 38.6 Å². The van der Waals surface area contributed by atoms with Crippen LogP contribution in [0.4, 0.5) is 0 Å². The third kappa shape index (κ3) is 4.96. The van der Waals surface area contributed by atoms with Crippen molar-refractivity contribution in [3.63, 3.8) is 0 Å². The van der Waals surface area contributed by atoms with E-state index in [1.807, 2.05) is 19.2 Å². The number of ether oxygens (including phenoxy) is 2. The molecule has 0 aliphatic rings. The van der Waals surface area contributed by atoms with Crippen LogP contribution in [0.5, 0.6) is 5.75 Å². The maximum absolute atomic E-state index is 5.78. The van der Waals surface area contributed by atoms with Crippen LogP contribution >= 0.6 is 15.9 Å². The van der Waals surface area contributed by atoms with Crippen molar-refractivity contribution in [1.82, 2.24) is 5.32 Å². The highest BCUT2D eigenvalue weighted by molar-refractivity contribution is 9.10. The predicted molar refractivity (Wildman–Crippen MR) is 78.2 cm³/mol. The normalized spacial score (nSPS) is 12.4. The van der Waals surface area contributed by atoms with Crippen LogP contribution in [0.3, 0.4) is 0 Å². The van der Waals surface area contributed by atoms with Gasteiger partial charge in [-0.2, -0.15) is 0 Å². The Kier molecular flexibility index (Phi) is 7.32. The van der Waals surface area contributed by atoms with E-state index in [4.69, 9.17) is 9.47 Å². The highest BCUT2D eigenvalue weighted by Crippen LogP contribution is 2.28. The molecule has 1 atom stereocenters. The first kappa shape index (κ1) is 15.5. The maximum Gasteiger partial charge on any atom is 0.124 e. The quantitative estimate of drug-likeness (QED) is 0.744. The summed E-state index contributed by atoms with van der Waals surface area (Å²) in [5.41, 5.74) is 1.15. The molecule has 1 unspecified atom stereocenters. The molecule has 3 nitrogen and oxygen atoms in total. The van der Waals surface area contributed by atoms with Gasteiger partial charge in [-0.3, -0.25) is 0 Å². The second-order valence-electron chi connectivity index (χ2n) is 4.15. The molecule has 0 saturated carbocycles. The number of hydrogen-bond acceptors (Lipinski definition) is 3. The highest BCUT2D eigenvalue weighted by atomic mass is 79.9. The highest BCUT2D eigenvalue weighted by Gasteiger charge is 2.10. The van der Waals surface area contributed by atoms with Gasteiger partial charge in [-0.1, -0.05) is 22.9 Å². The first-order chi connectivity index (χ1) is 8.69. The smallest absolute Gasteiger partial charge is 0.124 e. The summed E-state index contributed by atoms with van der Waals surface area (Å²) in [6, 6.07) is 6.33. The van der Waals surface area contributed by atoms with Crippen LogP contribution in [0.25, 0.3) is 0 Å². The predicted octanol–water partition coefficient (Wildman–Crippen LogP) is 3.53. The van der Waals surface area contributed by atoms with Gasteiger partial charge in [0.1, 0.15) is 12.4 Å². The lowest BCUT2D eigenvalue weighted by Gasteiger charge is -2.17. The molecule has 0 aliphatic carbocycles. The van der Waals surface area contributed by atoms with Gasteiger partial charge in [-0.25, -0.2) is 0 Å². The average Bonchev–Trinajstić information content (AvgIpc) is 2.39. The molecule has 0 radical (unpaired) electrons. The van der Waals surface area contributed by atoms with Gasteiger partial charge < -0.3 is 14.8 Å². The Hall–Kier alpha value is -0.580. The fourth-order valence-corrected chi connectivity index (χ4v) is 1.98. The molecule has 0 saturated heterocycles. The minimum Gasteiger partial charge on any atom is -0.491 e. The molecular weight excluding hydrogens is 294 g/mol. The van der Waals surface area contributed by atoms with Crippen molar-refractivity contribution in [3.05, 3.63) is 28.2 Å². The van der Waals surface area contributed by atoms with Crippen molar-refractivity contribution in [2.75, 3.05) is 26.9 Å². The van der Waals surface area contributed by atoms with E-state index in [0.717, 1.165) is 28.8 Å². The SMILES string of the molecule is CCCOCCOc1ccc(Br)cc1C(C)NC. The molecule has 0 fully saturated rings. The summed E-state index contributed by atoms with van der Waals surface area (Å²) < 4.78 is 12.2. The Balaban J connectivity index is 2.58. The van der Waals surface area contributed by atoms with E-state index in [1.54, 1.807) is 0 Å². The number of nitrogens with one attached hydrogen (secondary N) is 1. The van der Waals surface area contributed by atoms with Crippen LogP contribution < -0.4 is 10.1 Å². The van der Waals surface area contributed by atoms with Gasteiger partial charge >= 0.3 is 0 Å². The summed E-state index contributed by atoms with van der Waals surface area (Å²) in [6.07, 6.45) is 1.04. The summed E-state index contributed by atoms with van der Waals surface area (Å²) in [5, 5.41) is 3.23. The molecule has 1 N–H and O–H groups in total. The molecule has 0 heterocycles. The molecule has 4 heteroatoms. The molecular formula is C14H22BrNO2. The second kappa shape index (κ2) is 8.51. The Morgan fingerprint density at radius 3 is 2.72 bits per heavy atom. The van der Waals surface area contributed by atoms with E-state index >= 15 is 0 Å². The molecule has 1 aromatic carbocycles. The van der Waals surface area contributed by atoms with E-state index in [-0.39, 0.29) is 6.04 Å². The van der Waals surface area contributed by atoms with E-state index < -0.39 is 0 Å². The van der Waals surface area contributed by atoms with Gasteiger partial charge in [0.2, 0.25) is 0 Å². The van der Waals surface area contributed by atoms with Gasteiger partial charge in [0, 0.05) is 22.7 Å². The Bertz CT molecular complexity index is 358. The zero-order valence-corrected chi connectivity index (χ0v) is 12.9. The van der Waals surface area contributed by atoms with Crippen molar-refractivity contribution in [2.45, 2.75) is 26.3 Å². The molecule has 18 heavy (non-hydrogen) atoms. The monoisotopic (exact) mass is 315 g/mol. The Labute approximate surface area is 118 Å². The van der Waals surface area contributed by atoms with Gasteiger partial charge in [0.25, 0.3) is 0 Å². The van der Waals surface area contributed by atoms with Gasteiger partial charge in [-0.15, -0.1) is 0 Å². The third-order valence-electron chi connectivity index (χ3n) is 2.71. The summed E-state index contributed by atoms with van der Waals surface area (Å²) in [4.78, 5) is 0. The molecule has 0 bridgehead atoms. The lowest BCUT2D eigenvalue weighted by Crippen LogP contribution is -2.15. The van der Waals surface area contributed by atoms with Crippen LogP contribution in [-0.2, 0) is 4.74 Å². The number of rotatable bonds is 8. The van der Waals surface area contributed by atoms with E-state index in [9.17, 15) is 0 Å². The van der Waals surface area contributed by atoms with Crippen LogP contribution in [0.1, 0.15) is 31.9 Å². The van der Waals surface area contributed by atoms with Gasteiger partial charge in [0.15, 0.2) is 0 Å². The van der Waals surface area contributed by atoms with Crippen molar-refractivity contribution >= 4 is 15.9 Å². The number of halogens is 1. The molecule has 1 rings (SSSR count). The molecule has 0 spiro atoms. The van der Waals surface area contributed by atoms with Crippen molar-refractivity contribution in [3.8, 4) is 5.75 Å². The van der Waals surface area contributed by atoms with Crippen LogP contribution in [-0.4, -0.2) is 26.9 Å². The Morgan fingerprint density at radius 2 is 2.06 bits per heavy atom. The lowest BCUT2D eigenvalue weighted by atomic mass is 10.1. The van der Waals surface area contributed by atoms with Crippen LogP contribution in [0.15, 0.2) is 22.7 Å². The van der Waals surface area contributed by atoms with Gasteiger partial charge in [0.05, 0.1) is 6.61 Å². The first-order valence-electron chi connectivity index (χ1n) is 6.36. The zero-order valence-electron chi connectivity index (χ0n) is 11.3. The average molecular weight is 316 g/mol. The third-order valence-corrected chi connectivity index (χ3v) is 3.20. The molecule has 0 aliphatic heterocycles. The first-order valence-corrected chi connectivity index (χ1v) is 7.15. The zero-order chi connectivity index (χ0) is 13.4. The van der Waals surface area contributed by atoms with Crippen molar-refractivity contribution < 1.29 is 9.47 Å². The largest absolute Gasteiger partial charge is 0.491 e. The standard InChI is InChI=1S/C14H22BrNO2/c1-4-7-17-8-9-18-14-6-5-12(15)10-13(14)11(2)16-3/h5-6,10-11,16H,4,7-9H2,1-3H3. The van der Waals surface area contributed by atoms with Crippen molar-refractivity contribution in [2.24, 2.45) is 0 Å². The number of hydrogen-bond donors (Lipinski definition) is 1. The van der Waals surface area contributed by atoms with E-state index in [0.29, 0.717) is 13.2 Å². The van der Waals surface area contributed by atoms with E-state index in [2.05, 4.69) is 41.2 Å². The molecule has 0 amide bonds. The summed E-state index contributed by atoms with van der Waals surface area (Å²) in [6.45, 7) is 6.23.